The maximum absolute atomic E-state index is 12.4. The summed E-state index contributed by atoms with van der Waals surface area (Å²) in [4.78, 5) is 12.4. The van der Waals surface area contributed by atoms with Crippen LogP contribution in [-0.2, 0) is 4.79 Å². The van der Waals surface area contributed by atoms with Crippen molar-refractivity contribution in [1.82, 2.24) is 0 Å². The van der Waals surface area contributed by atoms with Gasteiger partial charge in [0.15, 0.2) is 0 Å². The Labute approximate surface area is 181 Å². The first-order valence-corrected chi connectivity index (χ1v) is 11.5. The van der Waals surface area contributed by atoms with Crippen molar-refractivity contribution in [2.45, 2.75) is 44.1 Å². The average molecular weight is 454 g/mol. The zero-order valence-electron chi connectivity index (χ0n) is 16.6. The molecule has 4 saturated carbocycles. The third-order valence-electron chi connectivity index (χ3n) is 6.95. The summed E-state index contributed by atoms with van der Waals surface area (Å²) in [6, 6.07) is 16.0. The van der Waals surface area contributed by atoms with Crippen molar-refractivity contribution in [2.24, 2.45) is 17.8 Å². The van der Waals surface area contributed by atoms with Gasteiger partial charge in [0.25, 0.3) is 0 Å². The highest BCUT2D eigenvalue weighted by Gasteiger charge is 2.51. The highest BCUT2D eigenvalue weighted by atomic mass is 79.9. The second-order valence-electron chi connectivity index (χ2n) is 9.25. The third-order valence-corrected chi connectivity index (χ3v) is 7.64. The molecule has 0 unspecified atom stereocenters. The molecule has 2 aromatic carbocycles. The average Bonchev–Trinajstić information content (AvgIpc) is 2.68. The minimum Gasteiger partial charge on any atom is -0.378 e. The molecule has 4 nitrogen and oxygen atoms in total. The zero-order valence-corrected chi connectivity index (χ0v) is 18.2. The van der Waals surface area contributed by atoms with Crippen LogP contribution in [0.25, 0.3) is 0 Å². The summed E-state index contributed by atoms with van der Waals surface area (Å²) < 4.78 is 0.886. The maximum Gasteiger partial charge on any atom is 0.243 e. The van der Waals surface area contributed by atoms with Crippen LogP contribution in [0.1, 0.15) is 38.5 Å². The number of hydrogen-bond donors (Lipinski definition) is 3. The van der Waals surface area contributed by atoms with Gasteiger partial charge in [-0.3, -0.25) is 4.79 Å². The first kappa shape index (κ1) is 19.0. The van der Waals surface area contributed by atoms with Gasteiger partial charge in [0.2, 0.25) is 5.91 Å². The zero-order chi connectivity index (χ0) is 19.8. The van der Waals surface area contributed by atoms with Crippen LogP contribution in [0.2, 0.25) is 0 Å². The molecule has 0 heterocycles. The van der Waals surface area contributed by atoms with E-state index in [1.807, 2.05) is 30.3 Å². The number of halogens is 1. The van der Waals surface area contributed by atoms with E-state index in [1.165, 1.54) is 38.5 Å². The molecule has 4 aliphatic rings. The summed E-state index contributed by atoms with van der Waals surface area (Å²) in [5.41, 5.74) is 3.18. The quantitative estimate of drug-likeness (QED) is 0.511. The van der Waals surface area contributed by atoms with E-state index in [0.29, 0.717) is 0 Å². The maximum atomic E-state index is 12.4. The van der Waals surface area contributed by atoms with Gasteiger partial charge in [0, 0.05) is 10.0 Å². The summed E-state index contributed by atoms with van der Waals surface area (Å²) >= 11 is 3.47. The van der Waals surface area contributed by atoms with E-state index in [2.05, 4.69) is 50.1 Å². The van der Waals surface area contributed by atoms with E-state index in [4.69, 9.17) is 0 Å². The number of nitrogens with one attached hydrogen (secondary N) is 3. The fourth-order valence-corrected chi connectivity index (χ4v) is 6.61. The van der Waals surface area contributed by atoms with E-state index in [9.17, 15) is 4.79 Å². The lowest BCUT2D eigenvalue weighted by atomic mass is 9.53. The predicted octanol–water partition coefficient (Wildman–Crippen LogP) is 5.88. The minimum atomic E-state index is -0.0542. The Balaban J connectivity index is 1.25. The molecule has 4 bridgehead atoms. The smallest absolute Gasteiger partial charge is 0.243 e. The van der Waals surface area contributed by atoms with Crippen molar-refractivity contribution >= 4 is 38.9 Å². The SMILES string of the molecule is O=C(CNc1ccccc1NC12CC3CC(CC(C3)C1)C2)Nc1ccccc1Br. The standard InChI is InChI=1S/C24H28BrN3O/c25-19-5-1-2-6-20(19)27-23(29)15-26-21-7-3-4-8-22(21)28-24-12-16-9-17(13-24)11-18(10-16)14-24/h1-8,16-18,26,28H,9-15H2,(H,27,29). The molecule has 0 radical (unpaired) electrons. The van der Waals surface area contributed by atoms with Gasteiger partial charge < -0.3 is 16.0 Å². The molecule has 3 N–H and O–H groups in total. The van der Waals surface area contributed by atoms with Gasteiger partial charge in [0.05, 0.1) is 23.6 Å². The predicted molar refractivity (Wildman–Crippen MR) is 122 cm³/mol. The largest absolute Gasteiger partial charge is 0.378 e. The number of carbonyl (C=O) groups excluding carboxylic acids is 1. The van der Waals surface area contributed by atoms with Crippen LogP contribution < -0.4 is 16.0 Å². The number of para-hydroxylation sites is 3. The lowest BCUT2D eigenvalue weighted by Crippen LogP contribution is -2.54. The van der Waals surface area contributed by atoms with Gasteiger partial charge >= 0.3 is 0 Å². The normalized spacial score (nSPS) is 29.5. The molecule has 5 heteroatoms. The van der Waals surface area contributed by atoms with Gasteiger partial charge in [-0.05, 0) is 96.5 Å². The minimum absolute atomic E-state index is 0.0542. The monoisotopic (exact) mass is 453 g/mol. The van der Waals surface area contributed by atoms with Crippen LogP contribution in [0, 0.1) is 17.8 Å². The number of benzene rings is 2. The van der Waals surface area contributed by atoms with Gasteiger partial charge in [-0.25, -0.2) is 0 Å². The Morgan fingerprint density at radius 3 is 2.03 bits per heavy atom. The number of anilines is 3. The van der Waals surface area contributed by atoms with E-state index in [1.54, 1.807) is 0 Å². The first-order valence-electron chi connectivity index (χ1n) is 10.7. The molecule has 152 valence electrons. The molecule has 1 amide bonds. The highest BCUT2D eigenvalue weighted by Crippen LogP contribution is 2.56. The fraction of sp³-hybridized carbons (Fsp3) is 0.458. The van der Waals surface area contributed by atoms with Crippen molar-refractivity contribution in [3.05, 3.63) is 53.0 Å². The molecule has 4 fully saturated rings. The van der Waals surface area contributed by atoms with Gasteiger partial charge in [0.1, 0.15) is 0 Å². The van der Waals surface area contributed by atoms with Crippen LogP contribution in [0.4, 0.5) is 17.1 Å². The summed E-state index contributed by atoms with van der Waals surface area (Å²) in [7, 11) is 0. The second-order valence-corrected chi connectivity index (χ2v) is 10.1. The van der Waals surface area contributed by atoms with Gasteiger partial charge in [-0.2, -0.15) is 0 Å². The Morgan fingerprint density at radius 1 is 0.862 bits per heavy atom. The van der Waals surface area contributed by atoms with Crippen LogP contribution >= 0.6 is 15.9 Å². The fourth-order valence-electron chi connectivity index (χ4n) is 6.23. The number of carbonyl (C=O) groups is 1. The van der Waals surface area contributed by atoms with Crippen LogP contribution in [0.15, 0.2) is 53.0 Å². The lowest BCUT2D eigenvalue weighted by Gasteiger charge is -2.57. The van der Waals surface area contributed by atoms with Crippen molar-refractivity contribution in [3.63, 3.8) is 0 Å². The Bertz CT molecular complexity index is 877. The van der Waals surface area contributed by atoms with Gasteiger partial charge in [-0.1, -0.05) is 24.3 Å². The van der Waals surface area contributed by atoms with Crippen molar-refractivity contribution in [3.8, 4) is 0 Å². The summed E-state index contributed by atoms with van der Waals surface area (Å²) in [5, 5.41) is 10.2. The second kappa shape index (κ2) is 7.67. The Hall–Kier alpha value is -2.01. The molecule has 2 aromatic rings. The van der Waals surface area contributed by atoms with Crippen LogP contribution in [0.3, 0.4) is 0 Å². The Morgan fingerprint density at radius 2 is 1.41 bits per heavy atom. The summed E-state index contributed by atoms with van der Waals surface area (Å²) in [5.74, 6) is 2.67. The molecule has 0 saturated heterocycles. The van der Waals surface area contributed by atoms with E-state index in [0.717, 1.165) is 39.3 Å². The molecule has 6 rings (SSSR count). The molecule has 0 aliphatic heterocycles. The molecular formula is C24H28BrN3O. The number of amides is 1. The van der Waals surface area contributed by atoms with Crippen molar-refractivity contribution < 1.29 is 4.79 Å². The van der Waals surface area contributed by atoms with E-state index >= 15 is 0 Å². The summed E-state index contributed by atoms with van der Waals surface area (Å²) in [6.45, 7) is 0.237. The number of rotatable bonds is 6. The van der Waals surface area contributed by atoms with Gasteiger partial charge in [-0.15, -0.1) is 0 Å². The summed E-state index contributed by atoms with van der Waals surface area (Å²) in [6.07, 6.45) is 8.23. The van der Waals surface area contributed by atoms with Crippen molar-refractivity contribution in [2.75, 3.05) is 22.5 Å². The molecule has 0 atom stereocenters. The lowest BCUT2D eigenvalue weighted by molar-refractivity contribution is -0.114. The highest BCUT2D eigenvalue weighted by molar-refractivity contribution is 9.10. The number of hydrogen-bond acceptors (Lipinski definition) is 3. The molecular weight excluding hydrogens is 426 g/mol. The molecule has 29 heavy (non-hydrogen) atoms. The third kappa shape index (κ3) is 4.02. The van der Waals surface area contributed by atoms with E-state index < -0.39 is 0 Å². The Kier molecular flexibility index (Phi) is 5.02. The van der Waals surface area contributed by atoms with Crippen molar-refractivity contribution in [1.29, 1.82) is 0 Å². The van der Waals surface area contributed by atoms with Crippen LogP contribution in [-0.4, -0.2) is 18.0 Å². The van der Waals surface area contributed by atoms with E-state index in [-0.39, 0.29) is 18.0 Å². The first-order chi connectivity index (χ1) is 14.1. The molecule has 0 aromatic heterocycles. The molecule has 0 spiro atoms. The topological polar surface area (TPSA) is 53.2 Å². The molecule has 4 aliphatic carbocycles. The van der Waals surface area contributed by atoms with Crippen LogP contribution in [0.5, 0.6) is 0 Å².